The molecule has 0 fully saturated rings. The number of hydrogen-bond donors (Lipinski definition) is 2. The molecule has 2 N–H and O–H groups in total. The Morgan fingerprint density at radius 2 is 2.05 bits per heavy atom. The summed E-state index contributed by atoms with van der Waals surface area (Å²) < 4.78 is 0. The van der Waals surface area contributed by atoms with Gasteiger partial charge in [-0.05, 0) is 30.7 Å². The lowest BCUT2D eigenvalue weighted by molar-refractivity contribution is 0.102. The summed E-state index contributed by atoms with van der Waals surface area (Å²) in [4.78, 5) is 16.2. The SMILES string of the molecule is CCCNc1ccc(C(=O)Nc2ccccc2Cl)nc1. The molecule has 0 saturated heterocycles. The summed E-state index contributed by atoms with van der Waals surface area (Å²) >= 11 is 5.99. The van der Waals surface area contributed by atoms with Gasteiger partial charge in [0.05, 0.1) is 22.6 Å². The van der Waals surface area contributed by atoms with E-state index in [2.05, 4.69) is 22.5 Å². The number of anilines is 2. The van der Waals surface area contributed by atoms with Gasteiger partial charge in [-0.15, -0.1) is 0 Å². The molecule has 0 saturated carbocycles. The van der Waals surface area contributed by atoms with Crippen molar-refractivity contribution in [2.24, 2.45) is 0 Å². The maximum Gasteiger partial charge on any atom is 0.274 e. The lowest BCUT2D eigenvalue weighted by Gasteiger charge is -2.07. The quantitative estimate of drug-likeness (QED) is 0.880. The second-order valence-electron chi connectivity index (χ2n) is 4.29. The minimum absolute atomic E-state index is 0.278. The van der Waals surface area contributed by atoms with E-state index in [-0.39, 0.29) is 5.91 Å². The highest BCUT2D eigenvalue weighted by molar-refractivity contribution is 6.33. The molecule has 0 aliphatic rings. The van der Waals surface area contributed by atoms with Gasteiger partial charge in [0.15, 0.2) is 0 Å². The van der Waals surface area contributed by atoms with E-state index in [4.69, 9.17) is 11.6 Å². The second-order valence-corrected chi connectivity index (χ2v) is 4.70. The van der Waals surface area contributed by atoms with Gasteiger partial charge in [0.2, 0.25) is 0 Å². The molecule has 5 heteroatoms. The van der Waals surface area contributed by atoms with E-state index in [1.807, 2.05) is 18.2 Å². The van der Waals surface area contributed by atoms with Crippen LogP contribution >= 0.6 is 11.6 Å². The number of para-hydroxylation sites is 1. The summed E-state index contributed by atoms with van der Waals surface area (Å²) in [6.45, 7) is 2.97. The van der Waals surface area contributed by atoms with Crippen LogP contribution in [0.5, 0.6) is 0 Å². The average Bonchev–Trinajstić information content (AvgIpc) is 2.48. The van der Waals surface area contributed by atoms with Gasteiger partial charge < -0.3 is 10.6 Å². The van der Waals surface area contributed by atoms with Gasteiger partial charge in [-0.2, -0.15) is 0 Å². The fourth-order valence-electron chi connectivity index (χ4n) is 1.65. The van der Waals surface area contributed by atoms with Crippen LogP contribution in [0, 0.1) is 0 Å². The van der Waals surface area contributed by atoms with Crippen LogP contribution in [0.1, 0.15) is 23.8 Å². The maximum absolute atomic E-state index is 12.0. The summed E-state index contributed by atoms with van der Waals surface area (Å²) in [6, 6.07) is 10.6. The van der Waals surface area contributed by atoms with Gasteiger partial charge in [-0.1, -0.05) is 30.7 Å². The monoisotopic (exact) mass is 289 g/mol. The zero-order valence-corrected chi connectivity index (χ0v) is 11.9. The number of pyridine rings is 1. The van der Waals surface area contributed by atoms with Crippen LogP contribution in [-0.2, 0) is 0 Å². The molecule has 4 nitrogen and oxygen atoms in total. The first kappa shape index (κ1) is 14.3. The third-order valence-corrected chi connectivity index (χ3v) is 3.03. The summed E-state index contributed by atoms with van der Waals surface area (Å²) in [5.41, 5.74) is 1.84. The minimum Gasteiger partial charge on any atom is -0.384 e. The Morgan fingerprint density at radius 3 is 2.70 bits per heavy atom. The first-order chi connectivity index (χ1) is 9.70. The van der Waals surface area contributed by atoms with E-state index in [1.54, 1.807) is 24.4 Å². The molecule has 2 rings (SSSR count). The van der Waals surface area contributed by atoms with Crippen LogP contribution in [0.4, 0.5) is 11.4 Å². The lowest BCUT2D eigenvalue weighted by atomic mass is 10.3. The molecule has 0 aliphatic heterocycles. The van der Waals surface area contributed by atoms with Crippen molar-refractivity contribution in [3.05, 3.63) is 53.3 Å². The zero-order valence-electron chi connectivity index (χ0n) is 11.2. The van der Waals surface area contributed by atoms with Crippen molar-refractivity contribution in [3.63, 3.8) is 0 Å². The van der Waals surface area contributed by atoms with Crippen molar-refractivity contribution in [1.82, 2.24) is 4.98 Å². The molecule has 0 unspecified atom stereocenters. The molecule has 1 amide bonds. The minimum atomic E-state index is -0.278. The second kappa shape index (κ2) is 6.91. The van der Waals surface area contributed by atoms with Crippen molar-refractivity contribution < 1.29 is 4.79 Å². The van der Waals surface area contributed by atoms with Crippen molar-refractivity contribution in [2.45, 2.75) is 13.3 Å². The number of carbonyl (C=O) groups is 1. The highest BCUT2D eigenvalue weighted by Gasteiger charge is 2.09. The lowest BCUT2D eigenvalue weighted by Crippen LogP contribution is -2.14. The number of nitrogens with one attached hydrogen (secondary N) is 2. The largest absolute Gasteiger partial charge is 0.384 e. The molecule has 1 aromatic carbocycles. The van der Waals surface area contributed by atoms with Crippen molar-refractivity contribution in [3.8, 4) is 0 Å². The third kappa shape index (κ3) is 3.71. The highest BCUT2D eigenvalue weighted by Crippen LogP contribution is 2.21. The first-order valence-electron chi connectivity index (χ1n) is 6.46. The Kier molecular flexibility index (Phi) is 4.96. The fourth-order valence-corrected chi connectivity index (χ4v) is 1.83. The van der Waals surface area contributed by atoms with E-state index >= 15 is 0 Å². The highest BCUT2D eigenvalue weighted by atomic mass is 35.5. The number of benzene rings is 1. The van der Waals surface area contributed by atoms with Crippen LogP contribution in [0.3, 0.4) is 0 Å². The summed E-state index contributed by atoms with van der Waals surface area (Å²) in [7, 11) is 0. The number of carbonyl (C=O) groups excluding carboxylic acids is 1. The number of hydrogen-bond acceptors (Lipinski definition) is 3. The predicted octanol–water partition coefficient (Wildman–Crippen LogP) is 3.81. The Morgan fingerprint density at radius 1 is 1.25 bits per heavy atom. The van der Waals surface area contributed by atoms with Gasteiger partial charge >= 0.3 is 0 Å². The normalized spacial score (nSPS) is 10.1. The molecular formula is C15H16ClN3O. The molecule has 20 heavy (non-hydrogen) atoms. The third-order valence-electron chi connectivity index (χ3n) is 2.70. The zero-order chi connectivity index (χ0) is 14.4. The molecule has 0 spiro atoms. The molecule has 0 radical (unpaired) electrons. The molecule has 0 bridgehead atoms. The van der Waals surface area contributed by atoms with Crippen LogP contribution in [0.2, 0.25) is 5.02 Å². The maximum atomic E-state index is 12.0. The van der Waals surface area contributed by atoms with Crippen LogP contribution in [0.25, 0.3) is 0 Å². The Labute approximate surface area is 123 Å². The average molecular weight is 290 g/mol. The molecule has 1 heterocycles. The van der Waals surface area contributed by atoms with E-state index in [0.717, 1.165) is 18.7 Å². The smallest absolute Gasteiger partial charge is 0.274 e. The number of rotatable bonds is 5. The molecule has 0 aliphatic carbocycles. The van der Waals surface area contributed by atoms with Crippen molar-refractivity contribution in [1.29, 1.82) is 0 Å². The van der Waals surface area contributed by atoms with E-state index in [1.165, 1.54) is 0 Å². The molecule has 104 valence electrons. The van der Waals surface area contributed by atoms with E-state index < -0.39 is 0 Å². The topological polar surface area (TPSA) is 54.0 Å². The molecule has 1 aromatic heterocycles. The Bertz CT molecular complexity index is 584. The predicted molar refractivity (Wildman–Crippen MR) is 82.4 cm³/mol. The number of halogens is 1. The summed E-state index contributed by atoms with van der Waals surface area (Å²) in [5, 5.41) is 6.44. The summed E-state index contributed by atoms with van der Waals surface area (Å²) in [5.74, 6) is -0.278. The van der Waals surface area contributed by atoms with Gasteiger partial charge in [0.1, 0.15) is 5.69 Å². The molecule has 0 atom stereocenters. The number of nitrogens with zero attached hydrogens (tertiary/aromatic N) is 1. The van der Waals surface area contributed by atoms with Gasteiger partial charge in [-0.25, -0.2) is 4.98 Å². The van der Waals surface area contributed by atoms with Gasteiger partial charge in [-0.3, -0.25) is 4.79 Å². The Hall–Kier alpha value is -2.07. The van der Waals surface area contributed by atoms with Gasteiger partial charge in [0, 0.05) is 6.54 Å². The summed E-state index contributed by atoms with van der Waals surface area (Å²) in [6.07, 6.45) is 2.69. The van der Waals surface area contributed by atoms with Crippen LogP contribution in [-0.4, -0.2) is 17.4 Å². The van der Waals surface area contributed by atoms with E-state index in [0.29, 0.717) is 16.4 Å². The van der Waals surface area contributed by atoms with Crippen LogP contribution in [0.15, 0.2) is 42.6 Å². The Balaban J connectivity index is 2.04. The van der Waals surface area contributed by atoms with E-state index in [9.17, 15) is 4.79 Å². The first-order valence-corrected chi connectivity index (χ1v) is 6.84. The number of amides is 1. The van der Waals surface area contributed by atoms with Crippen molar-refractivity contribution in [2.75, 3.05) is 17.2 Å². The fraction of sp³-hybridized carbons (Fsp3) is 0.200. The number of aromatic nitrogens is 1. The molecular weight excluding hydrogens is 274 g/mol. The van der Waals surface area contributed by atoms with Crippen LogP contribution < -0.4 is 10.6 Å². The molecule has 2 aromatic rings. The van der Waals surface area contributed by atoms with Crippen molar-refractivity contribution >= 4 is 28.9 Å². The standard InChI is InChI=1S/C15H16ClN3O/c1-2-9-17-11-7-8-14(18-10-11)15(20)19-13-6-4-3-5-12(13)16/h3-8,10,17H,2,9H2,1H3,(H,19,20). The van der Waals surface area contributed by atoms with Gasteiger partial charge in [0.25, 0.3) is 5.91 Å².